The fourth-order valence-electron chi connectivity index (χ4n) is 3.18. The summed E-state index contributed by atoms with van der Waals surface area (Å²) in [4.78, 5) is 18.8. The summed E-state index contributed by atoms with van der Waals surface area (Å²) in [5, 5.41) is 7.14. The number of aryl methyl sites for hydroxylation is 1. The molecule has 3 rings (SSSR count). The molecule has 1 aromatic heterocycles. The molecule has 0 radical (unpaired) electrons. The smallest absolute Gasteiger partial charge is 0.244 e. The van der Waals surface area contributed by atoms with Crippen LogP contribution in [0.15, 0.2) is 36.9 Å². The predicted molar refractivity (Wildman–Crippen MR) is 92.5 cm³/mol. The number of benzene rings is 1. The molecule has 1 amide bonds. The zero-order valence-corrected chi connectivity index (χ0v) is 14.4. The second-order valence-corrected chi connectivity index (χ2v) is 6.47. The first-order valence-corrected chi connectivity index (χ1v) is 8.57. The van der Waals surface area contributed by atoms with E-state index in [1.54, 1.807) is 11.0 Å². The summed E-state index contributed by atoms with van der Waals surface area (Å²) in [6, 6.07) is 8.48. The van der Waals surface area contributed by atoms with Gasteiger partial charge in [0.25, 0.3) is 0 Å². The molecule has 1 aliphatic rings. The van der Waals surface area contributed by atoms with E-state index >= 15 is 0 Å². The van der Waals surface area contributed by atoms with Crippen LogP contribution in [0.5, 0.6) is 0 Å². The number of likely N-dealkylation sites (tertiary alicyclic amines) is 1. The number of hydrogen-bond donors (Lipinski definition) is 1. The third-order valence-electron chi connectivity index (χ3n) is 4.73. The van der Waals surface area contributed by atoms with Crippen molar-refractivity contribution in [2.24, 2.45) is 0 Å². The van der Waals surface area contributed by atoms with E-state index in [9.17, 15) is 4.79 Å². The normalized spacial score (nSPS) is 17.6. The number of amides is 1. The summed E-state index contributed by atoms with van der Waals surface area (Å²) in [5.41, 5.74) is 2.51. The molecule has 6 nitrogen and oxygen atoms in total. The Balaban J connectivity index is 1.67. The Bertz CT molecular complexity index is 647. The third-order valence-corrected chi connectivity index (χ3v) is 4.73. The number of carbonyl (C=O) groups excluding carboxylic acids is 1. The zero-order valence-electron chi connectivity index (χ0n) is 14.4. The van der Waals surface area contributed by atoms with Crippen LogP contribution in [0.3, 0.4) is 0 Å². The van der Waals surface area contributed by atoms with Crippen LogP contribution >= 0.6 is 0 Å². The molecule has 0 spiro atoms. The van der Waals surface area contributed by atoms with E-state index in [-0.39, 0.29) is 18.0 Å². The molecular weight excluding hydrogens is 302 g/mol. The molecule has 2 heterocycles. The Morgan fingerprint density at radius 3 is 2.58 bits per heavy atom. The minimum absolute atomic E-state index is 0.0307. The Morgan fingerprint density at radius 1 is 1.25 bits per heavy atom. The first-order chi connectivity index (χ1) is 11.6. The average Bonchev–Trinajstić information content (AvgIpc) is 3.29. The van der Waals surface area contributed by atoms with Gasteiger partial charge < -0.3 is 5.32 Å². The molecule has 128 valence electrons. The van der Waals surface area contributed by atoms with Crippen LogP contribution in [0.1, 0.15) is 43.0 Å². The van der Waals surface area contributed by atoms with Gasteiger partial charge in [-0.3, -0.25) is 9.69 Å². The van der Waals surface area contributed by atoms with Crippen molar-refractivity contribution >= 4 is 5.91 Å². The Kier molecular flexibility index (Phi) is 5.25. The SMILES string of the molecule is Cc1ccc(C(CNC(=O)C(C)n2cncn2)N2CCCC2)cc1. The minimum atomic E-state index is -0.357. The highest BCUT2D eigenvalue weighted by Gasteiger charge is 2.25. The van der Waals surface area contributed by atoms with Gasteiger partial charge in [-0.15, -0.1) is 0 Å². The topological polar surface area (TPSA) is 63.1 Å². The van der Waals surface area contributed by atoms with Gasteiger partial charge in [-0.25, -0.2) is 9.67 Å². The van der Waals surface area contributed by atoms with Crippen LogP contribution in [-0.2, 0) is 4.79 Å². The molecule has 1 N–H and O–H groups in total. The van der Waals surface area contributed by atoms with Gasteiger partial charge in [0.2, 0.25) is 5.91 Å². The van der Waals surface area contributed by atoms with Gasteiger partial charge in [0.05, 0.1) is 6.04 Å². The summed E-state index contributed by atoms with van der Waals surface area (Å²) in [7, 11) is 0. The molecular formula is C18H25N5O. The summed E-state index contributed by atoms with van der Waals surface area (Å²) in [5.74, 6) is -0.0307. The summed E-state index contributed by atoms with van der Waals surface area (Å²) in [6.45, 7) is 6.72. The first kappa shape index (κ1) is 16.6. The number of hydrogen-bond acceptors (Lipinski definition) is 4. The zero-order chi connectivity index (χ0) is 16.9. The molecule has 0 saturated carbocycles. The largest absolute Gasteiger partial charge is 0.352 e. The molecule has 1 aliphatic heterocycles. The number of nitrogens with one attached hydrogen (secondary N) is 1. The van der Waals surface area contributed by atoms with Crippen molar-refractivity contribution in [3.8, 4) is 0 Å². The molecule has 6 heteroatoms. The highest BCUT2D eigenvalue weighted by molar-refractivity contribution is 5.79. The lowest BCUT2D eigenvalue weighted by atomic mass is 10.0. The molecule has 1 aromatic carbocycles. The van der Waals surface area contributed by atoms with Crippen LogP contribution in [0.4, 0.5) is 0 Å². The van der Waals surface area contributed by atoms with E-state index < -0.39 is 0 Å². The van der Waals surface area contributed by atoms with Crippen molar-refractivity contribution < 1.29 is 4.79 Å². The van der Waals surface area contributed by atoms with Gasteiger partial charge in [-0.05, 0) is 45.3 Å². The van der Waals surface area contributed by atoms with Crippen molar-refractivity contribution in [2.75, 3.05) is 19.6 Å². The molecule has 0 bridgehead atoms. The molecule has 1 fully saturated rings. The molecule has 2 aromatic rings. The maximum atomic E-state index is 12.4. The molecule has 0 aliphatic carbocycles. The second kappa shape index (κ2) is 7.57. The average molecular weight is 327 g/mol. The molecule has 1 saturated heterocycles. The highest BCUT2D eigenvalue weighted by Crippen LogP contribution is 2.25. The van der Waals surface area contributed by atoms with Gasteiger partial charge in [-0.1, -0.05) is 29.8 Å². The van der Waals surface area contributed by atoms with Crippen molar-refractivity contribution in [3.63, 3.8) is 0 Å². The van der Waals surface area contributed by atoms with Crippen molar-refractivity contribution in [2.45, 2.75) is 38.8 Å². The van der Waals surface area contributed by atoms with Gasteiger partial charge in [-0.2, -0.15) is 5.10 Å². The first-order valence-electron chi connectivity index (χ1n) is 8.57. The monoisotopic (exact) mass is 327 g/mol. The van der Waals surface area contributed by atoms with Gasteiger partial charge >= 0.3 is 0 Å². The minimum Gasteiger partial charge on any atom is -0.352 e. The van der Waals surface area contributed by atoms with E-state index in [1.807, 2.05) is 6.92 Å². The Labute approximate surface area is 142 Å². The predicted octanol–water partition coefficient (Wildman–Crippen LogP) is 2.10. The summed E-state index contributed by atoms with van der Waals surface area (Å²) >= 11 is 0. The van der Waals surface area contributed by atoms with E-state index in [4.69, 9.17) is 0 Å². The van der Waals surface area contributed by atoms with E-state index in [1.165, 1.54) is 30.3 Å². The van der Waals surface area contributed by atoms with Crippen LogP contribution in [-0.4, -0.2) is 45.2 Å². The lowest BCUT2D eigenvalue weighted by Gasteiger charge is -2.28. The maximum absolute atomic E-state index is 12.4. The van der Waals surface area contributed by atoms with Gasteiger partial charge in [0, 0.05) is 6.54 Å². The van der Waals surface area contributed by atoms with Crippen molar-refractivity contribution in [3.05, 3.63) is 48.0 Å². The van der Waals surface area contributed by atoms with E-state index in [0.29, 0.717) is 6.54 Å². The number of carbonyl (C=O) groups is 1. The Hall–Kier alpha value is -2.21. The molecule has 24 heavy (non-hydrogen) atoms. The fourth-order valence-corrected chi connectivity index (χ4v) is 3.18. The lowest BCUT2D eigenvalue weighted by Crippen LogP contribution is -2.39. The second-order valence-electron chi connectivity index (χ2n) is 6.47. The van der Waals surface area contributed by atoms with Crippen LogP contribution < -0.4 is 5.32 Å². The summed E-state index contributed by atoms with van der Waals surface area (Å²) in [6.07, 6.45) is 5.47. The number of aromatic nitrogens is 3. The maximum Gasteiger partial charge on any atom is 0.244 e. The van der Waals surface area contributed by atoms with Gasteiger partial charge in [0.15, 0.2) is 0 Å². The van der Waals surface area contributed by atoms with E-state index in [0.717, 1.165) is 13.1 Å². The van der Waals surface area contributed by atoms with Crippen molar-refractivity contribution in [1.82, 2.24) is 25.0 Å². The standard InChI is InChI=1S/C18H25N5O/c1-14-5-7-16(8-6-14)17(22-9-3-4-10-22)11-20-18(24)15(2)23-13-19-12-21-23/h5-8,12-13,15,17H,3-4,9-11H2,1-2H3,(H,20,24). The van der Waals surface area contributed by atoms with E-state index in [2.05, 4.69) is 51.5 Å². The van der Waals surface area contributed by atoms with Gasteiger partial charge in [0.1, 0.15) is 18.7 Å². The summed E-state index contributed by atoms with van der Waals surface area (Å²) < 4.78 is 1.58. The van der Waals surface area contributed by atoms with Crippen LogP contribution in [0.2, 0.25) is 0 Å². The number of rotatable bonds is 6. The fraction of sp³-hybridized carbons (Fsp3) is 0.500. The van der Waals surface area contributed by atoms with Crippen LogP contribution in [0.25, 0.3) is 0 Å². The van der Waals surface area contributed by atoms with Crippen LogP contribution in [0, 0.1) is 6.92 Å². The van der Waals surface area contributed by atoms with Crippen molar-refractivity contribution in [1.29, 1.82) is 0 Å². The Morgan fingerprint density at radius 2 is 1.96 bits per heavy atom. The highest BCUT2D eigenvalue weighted by atomic mass is 16.2. The molecule has 2 atom stereocenters. The third kappa shape index (κ3) is 3.82. The number of nitrogens with zero attached hydrogens (tertiary/aromatic N) is 4. The molecule has 2 unspecified atom stereocenters. The lowest BCUT2D eigenvalue weighted by molar-refractivity contribution is -0.124. The quantitative estimate of drug-likeness (QED) is 0.882.